The van der Waals surface area contributed by atoms with E-state index in [0.717, 1.165) is 9.88 Å². The zero-order valence-electron chi connectivity index (χ0n) is 11.9. The highest BCUT2D eigenvalue weighted by atomic mass is 35.5. The molecule has 22 heavy (non-hydrogen) atoms. The Morgan fingerprint density at radius 3 is 2.45 bits per heavy atom. The Morgan fingerprint density at radius 2 is 1.86 bits per heavy atom. The number of aryl methyl sites for hydroxylation is 1. The molecule has 0 radical (unpaired) electrons. The van der Waals surface area contributed by atoms with Crippen molar-refractivity contribution in [3.63, 3.8) is 0 Å². The molecular weight excluding hydrogens is 327 g/mol. The quantitative estimate of drug-likeness (QED) is 0.570. The van der Waals surface area contributed by atoms with Gasteiger partial charge in [0.25, 0.3) is 5.56 Å². The molecule has 0 spiro atoms. The molecule has 0 saturated heterocycles. The summed E-state index contributed by atoms with van der Waals surface area (Å²) in [5.74, 6) is 0. The van der Waals surface area contributed by atoms with Crippen molar-refractivity contribution in [1.29, 1.82) is 0 Å². The maximum Gasteiger partial charge on any atom is 0.438 e. The number of halogens is 4. The molecule has 2 rings (SSSR count). The molecule has 2 N–H and O–H groups in total. The topological polar surface area (TPSA) is 78.4 Å². The summed E-state index contributed by atoms with van der Waals surface area (Å²) in [5.41, 5.74) is -0.582. The van der Waals surface area contributed by atoms with E-state index in [9.17, 15) is 22.8 Å². The summed E-state index contributed by atoms with van der Waals surface area (Å²) in [6.45, 7) is -0.632. The van der Waals surface area contributed by atoms with Crippen LogP contribution in [0.1, 0.15) is 0 Å². The molecule has 0 aliphatic heterocycles. The molecule has 7 nitrogen and oxygen atoms in total. The van der Waals surface area contributed by atoms with Gasteiger partial charge in [-0.05, 0) is 0 Å². The van der Waals surface area contributed by atoms with Gasteiger partial charge in [0.1, 0.15) is 0 Å². The van der Waals surface area contributed by atoms with Gasteiger partial charge in [-0.25, -0.2) is 9.78 Å². The lowest BCUT2D eigenvalue weighted by atomic mass is 10.4. The number of rotatable bonds is 4. The first kappa shape index (κ1) is 18.2. The normalized spacial score (nSPS) is 11.7. The zero-order chi connectivity index (χ0) is 15.8. The van der Waals surface area contributed by atoms with Crippen molar-refractivity contribution in [2.45, 2.75) is 12.7 Å². The Labute approximate surface area is 128 Å². The predicted octanol–water partition coefficient (Wildman–Crippen LogP) is -4.44. The van der Waals surface area contributed by atoms with Gasteiger partial charge in [-0.15, -0.1) is 0 Å². The molecule has 11 heteroatoms. The van der Waals surface area contributed by atoms with Crippen LogP contribution in [-0.4, -0.2) is 38.0 Å². The van der Waals surface area contributed by atoms with Crippen molar-refractivity contribution in [1.82, 2.24) is 18.7 Å². The number of quaternary nitrogens is 1. The first-order valence-electron chi connectivity index (χ1n) is 6.21. The van der Waals surface area contributed by atoms with E-state index in [4.69, 9.17) is 0 Å². The molecule has 0 saturated carbocycles. The van der Waals surface area contributed by atoms with Crippen LogP contribution in [0.15, 0.2) is 15.9 Å². The van der Waals surface area contributed by atoms with E-state index in [0.29, 0.717) is 0 Å². The average molecular weight is 342 g/mol. The van der Waals surface area contributed by atoms with Crippen LogP contribution in [0.5, 0.6) is 0 Å². The first-order valence-corrected chi connectivity index (χ1v) is 6.21. The smallest absolute Gasteiger partial charge is 0.438 e. The van der Waals surface area contributed by atoms with E-state index in [1.165, 1.54) is 29.6 Å². The summed E-state index contributed by atoms with van der Waals surface area (Å²) in [6, 6.07) is 0. The lowest BCUT2D eigenvalue weighted by Crippen LogP contribution is -3.00. The minimum Gasteiger partial charge on any atom is -1.00 e. The summed E-state index contributed by atoms with van der Waals surface area (Å²) in [7, 11) is 2.83. The summed E-state index contributed by atoms with van der Waals surface area (Å²) < 4.78 is 39.8. The van der Waals surface area contributed by atoms with Gasteiger partial charge in [-0.2, -0.15) is 13.2 Å². The van der Waals surface area contributed by atoms with E-state index in [1.54, 1.807) is 0 Å². The third-order valence-electron chi connectivity index (χ3n) is 3.17. The number of imidazole rings is 1. The van der Waals surface area contributed by atoms with Crippen LogP contribution in [-0.2, 0) is 20.6 Å². The number of nitrogens with zero attached hydrogens (tertiary/aromatic N) is 4. The predicted molar refractivity (Wildman–Crippen MR) is 67.9 cm³/mol. The summed E-state index contributed by atoms with van der Waals surface area (Å²) in [5, 5.41) is 1.11. The minimum absolute atomic E-state index is 0. The van der Waals surface area contributed by atoms with E-state index >= 15 is 0 Å². The Morgan fingerprint density at radius 1 is 1.23 bits per heavy atom. The first-order chi connectivity index (χ1) is 9.72. The maximum atomic E-state index is 12.1. The van der Waals surface area contributed by atoms with E-state index < -0.39 is 24.0 Å². The molecule has 0 aromatic carbocycles. The average Bonchev–Trinajstić information content (AvgIpc) is 2.82. The van der Waals surface area contributed by atoms with Crippen molar-refractivity contribution in [2.75, 3.05) is 13.1 Å². The standard InChI is InChI=1S/C11H14F3N5O2.ClH/c1-17-8-7(9(20)18(2)10(17)21)19(6-16-8)4-3-15-5-11(12,13)14;/h6,15H,3-5H2,1-2H3;1H. The molecule has 2 aromatic rings. The number of nitrogens with two attached hydrogens (primary N) is 1. The highest BCUT2D eigenvalue weighted by molar-refractivity contribution is 5.69. The van der Waals surface area contributed by atoms with Crippen LogP contribution in [0.2, 0.25) is 0 Å². The lowest BCUT2D eigenvalue weighted by Gasteiger charge is -2.07. The van der Waals surface area contributed by atoms with Gasteiger partial charge in [0, 0.05) is 14.1 Å². The Hall–Kier alpha value is -1.81. The third kappa shape index (κ3) is 3.50. The Balaban J connectivity index is 0.00000242. The molecule has 0 atom stereocenters. The van der Waals surface area contributed by atoms with Crippen molar-refractivity contribution in [3.8, 4) is 0 Å². The SMILES string of the molecule is Cn1c(=O)c2c(ncn2CC[NH2+]CC(F)(F)F)n(C)c1=O.[Cl-]. The van der Waals surface area contributed by atoms with Gasteiger partial charge in [0.2, 0.25) is 0 Å². The number of hydrogen-bond acceptors (Lipinski definition) is 3. The molecular formula is C11H15ClF3N5O2. The molecule has 124 valence electrons. The largest absolute Gasteiger partial charge is 1.00 e. The van der Waals surface area contributed by atoms with Crippen LogP contribution < -0.4 is 29.0 Å². The second-order valence-corrected chi connectivity index (χ2v) is 4.71. The molecule has 0 aliphatic carbocycles. The second-order valence-electron chi connectivity index (χ2n) is 4.71. The number of alkyl halides is 3. The Bertz CT molecular complexity index is 777. The molecule has 0 unspecified atom stereocenters. The molecule has 2 aromatic heterocycles. The van der Waals surface area contributed by atoms with Crippen molar-refractivity contribution in [2.24, 2.45) is 14.1 Å². The highest BCUT2D eigenvalue weighted by Gasteiger charge is 2.29. The van der Waals surface area contributed by atoms with Crippen molar-refractivity contribution >= 4 is 11.2 Å². The van der Waals surface area contributed by atoms with Crippen LogP contribution in [0.4, 0.5) is 13.2 Å². The second kappa shape index (κ2) is 6.53. The van der Waals surface area contributed by atoms with Crippen molar-refractivity contribution < 1.29 is 30.9 Å². The monoisotopic (exact) mass is 341 g/mol. The van der Waals surface area contributed by atoms with Gasteiger partial charge in [0.05, 0.1) is 19.4 Å². The van der Waals surface area contributed by atoms with Crippen LogP contribution >= 0.6 is 0 Å². The highest BCUT2D eigenvalue weighted by Crippen LogP contribution is 2.10. The maximum absolute atomic E-state index is 12.1. The molecule has 0 amide bonds. The lowest BCUT2D eigenvalue weighted by molar-refractivity contribution is -0.676. The number of hydrogen-bond donors (Lipinski definition) is 1. The molecule has 0 fully saturated rings. The molecule has 0 aliphatic rings. The van der Waals surface area contributed by atoms with E-state index in [2.05, 4.69) is 4.98 Å². The fraction of sp³-hybridized carbons (Fsp3) is 0.545. The fourth-order valence-electron chi connectivity index (χ4n) is 2.06. The van der Waals surface area contributed by atoms with Crippen LogP contribution in [0, 0.1) is 0 Å². The van der Waals surface area contributed by atoms with Gasteiger partial charge in [-0.1, -0.05) is 0 Å². The van der Waals surface area contributed by atoms with Gasteiger partial charge < -0.3 is 22.3 Å². The minimum atomic E-state index is -4.23. The van der Waals surface area contributed by atoms with Gasteiger partial charge in [0.15, 0.2) is 17.7 Å². The zero-order valence-corrected chi connectivity index (χ0v) is 12.6. The summed E-state index contributed by atoms with van der Waals surface area (Å²) in [6.07, 6.45) is -2.87. The van der Waals surface area contributed by atoms with Crippen LogP contribution in [0.25, 0.3) is 11.2 Å². The Kier molecular flexibility index (Phi) is 5.41. The van der Waals surface area contributed by atoms with Gasteiger partial charge in [-0.3, -0.25) is 13.9 Å². The van der Waals surface area contributed by atoms with E-state index in [1.807, 2.05) is 0 Å². The summed E-state index contributed by atoms with van der Waals surface area (Å²) in [4.78, 5) is 27.8. The molecule has 0 bridgehead atoms. The summed E-state index contributed by atoms with van der Waals surface area (Å²) >= 11 is 0. The van der Waals surface area contributed by atoms with Gasteiger partial charge >= 0.3 is 11.9 Å². The van der Waals surface area contributed by atoms with Crippen LogP contribution in [0.3, 0.4) is 0 Å². The van der Waals surface area contributed by atoms with Crippen molar-refractivity contribution in [3.05, 3.63) is 27.2 Å². The fourth-order valence-corrected chi connectivity index (χ4v) is 2.06. The number of aromatic nitrogens is 4. The molecule has 2 heterocycles. The van der Waals surface area contributed by atoms with E-state index in [-0.39, 0.29) is 36.7 Å². The third-order valence-corrected chi connectivity index (χ3v) is 3.17. The number of fused-ring (bicyclic) bond motifs is 1.